The minimum absolute atomic E-state index is 0.145. The average molecular weight is 279 g/mol. The van der Waals surface area contributed by atoms with Gasteiger partial charge in [-0.25, -0.2) is 4.39 Å². The van der Waals surface area contributed by atoms with Gasteiger partial charge in [-0.3, -0.25) is 4.98 Å². The minimum atomic E-state index is -0.365. The Morgan fingerprint density at radius 2 is 2.11 bits per heavy atom. The quantitative estimate of drug-likeness (QED) is 0.923. The molecule has 1 unspecified atom stereocenters. The molecule has 0 saturated heterocycles. The number of nitrogens with zero attached hydrogens (tertiary/aromatic N) is 1. The van der Waals surface area contributed by atoms with Crippen LogP contribution in [-0.2, 0) is 6.42 Å². The highest BCUT2D eigenvalue weighted by atomic mass is 35.5. The molecule has 1 atom stereocenters. The molecule has 2 rings (SSSR count). The Hall–Kier alpha value is -1.45. The first-order valence-corrected chi connectivity index (χ1v) is 6.52. The highest BCUT2D eigenvalue weighted by Gasteiger charge is 2.16. The van der Waals surface area contributed by atoms with Gasteiger partial charge in [0.25, 0.3) is 0 Å². The minimum Gasteiger partial charge on any atom is -0.313 e. The summed E-state index contributed by atoms with van der Waals surface area (Å²) >= 11 is 5.82. The van der Waals surface area contributed by atoms with Gasteiger partial charge >= 0.3 is 0 Å². The van der Waals surface area contributed by atoms with Crippen LogP contribution in [0.5, 0.6) is 0 Å². The monoisotopic (exact) mass is 278 g/mol. The van der Waals surface area contributed by atoms with Crippen molar-refractivity contribution in [3.8, 4) is 0 Å². The maximum atomic E-state index is 14.0. The number of hydrogen-bond donors (Lipinski definition) is 1. The lowest BCUT2D eigenvalue weighted by atomic mass is 10.0. The van der Waals surface area contributed by atoms with Crippen LogP contribution in [-0.4, -0.2) is 12.0 Å². The molecule has 0 spiro atoms. The van der Waals surface area contributed by atoms with E-state index in [4.69, 9.17) is 11.6 Å². The van der Waals surface area contributed by atoms with Crippen LogP contribution in [0.25, 0.3) is 0 Å². The topological polar surface area (TPSA) is 24.9 Å². The Bertz CT molecular complexity index is 555. The summed E-state index contributed by atoms with van der Waals surface area (Å²) in [5.74, 6) is -0.365. The number of likely N-dealkylation sites (N-methyl/N-ethyl adjacent to an activating group) is 1. The first-order chi connectivity index (χ1) is 9.11. The van der Waals surface area contributed by atoms with Crippen LogP contribution in [0.1, 0.15) is 22.9 Å². The van der Waals surface area contributed by atoms with E-state index in [-0.39, 0.29) is 16.9 Å². The van der Waals surface area contributed by atoms with Crippen molar-refractivity contribution in [3.63, 3.8) is 0 Å². The van der Waals surface area contributed by atoms with E-state index >= 15 is 0 Å². The van der Waals surface area contributed by atoms with E-state index in [2.05, 4.69) is 10.3 Å². The third-order valence-electron chi connectivity index (χ3n) is 3.09. The highest BCUT2D eigenvalue weighted by molar-refractivity contribution is 6.30. The number of hydrogen-bond acceptors (Lipinski definition) is 2. The molecule has 2 nitrogen and oxygen atoms in total. The molecule has 2 aromatic rings. The fourth-order valence-electron chi connectivity index (χ4n) is 1.99. The first-order valence-electron chi connectivity index (χ1n) is 6.14. The van der Waals surface area contributed by atoms with E-state index in [9.17, 15) is 4.39 Å². The molecule has 1 aromatic carbocycles. The molecule has 1 aromatic heterocycles. The standard InChI is InChI=1S/C15H16ClFN2/c1-10-6-7-11(19-9-10)8-14(18-2)12-4-3-5-13(16)15(12)17/h3-7,9,14,18H,8H2,1-2H3. The molecule has 0 fully saturated rings. The summed E-state index contributed by atoms with van der Waals surface area (Å²) < 4.78 is 14.0. The summed E-state index contributed by atoms with van der Waals surface area (Å²) in [6.07, 6.45) is 2.43. The Kier molecular flexibility index (Phi) is 4.51. The second-order valence-corrected chi connectivity index (χ2v) is 4.92. The van der Waals surface area contributed by atoms with Crippen LogP contribution in [0.3, 0.4) is 0 Å². The van der Waals surface area contributed by atoms with Crippen molar-refractivity contribution < 1.29 is 4.39 Å². The SMILES string of the molecule is CNC(Cc1ccc(C)cn1)c1cccc(Cl)c1F. The zero-order valence-corrected chi connectivity index (χ0v) is 11.7. The van der Waals surface area contributed by atoms with Gasteiger partial charge in [-0.2, -0.15) is 0 Å². The molecule has 0 aliphatic heterocycles. The summed E-state index contributed by atoms with van der Waals surface area (Å²) in [6, 6.07) is 8.88. The number of aromatic nitrogens is 1. The molecule has 19 heavy (non-hydrogen) atoms. The van der Waals surface area contributed by atoms with Crippen molar-refractivity contribution in [3.05, 3.63) is 64.2 Å². The van der Waals surface area contributed by atoms with Gasteiger partial charge in [-0.15, -0.1) is 0 Å². The molecular formula is C15H16ClFN2. The predicted molar refractivity (Wildman–Crippen MR) is 75.9 cm³/mol. The van der Waals surface area contributed by atoms with E-state index in [0.717, 1.165) is 11.3 Å². The Labute approximate surface area is 117 Å². The second-order valence-electron chi connectivity index (χ2n) is 4.52. The van der Waals surface area contributed by atoms with Gasteiger partial charge in [0, 0.05) is 29.9 Å². The zero-order valence-electron chi connectivity index (χ0n) is 11.0. The van der Waals surface area contributed by atoms with Gasteiger partial charge < -0.3 is 5.32 Å². The fraction of sp³-hybridized carbons (Fsp3) is 0.267. The van der Waals surface area contributed by atoms with E-state index in [1.165, 1.54) is 0 Å². The molecule has 4 heteroatoms. The van der Waals surface area contributed by atoms with Crippen molar-refractivity contribution in [1.29, 1.82) is 0 Å². The Morgan fingerprint density at radius 1 is 1.32 bits per heavy atom. The number of halogens is 2. The van der Waals surface area contributed by atoms with Crippen molar-refractivity contribution in [2.45, 2.75) is 19.4 Å². The van der Waals surface area contributed by atoms with E-state index < -0.39 is 0 Å². The number of pyridine rings is 1. The molecule has 0 bridgehead atoms. The van der Waals surface area contributed by atoms with Gasteiger partial charge in [-0.05, 0) is 31.7 Å². The normalized spacial score (nSPS) is 12.4. The highest BCUT2D eigenvalue weighted by Crippen LogP contribution is 2.25. The van der Waals surface area contributed by atoms with Gasteiger partial charge in [0.1, 0.15) is 5.82 Å². The average Bonchev–Trinajstić information content (AvgIpc) is 2.42. The molecule has 100 valence electrons. The fourth-order valence-corrected chi connectivity index (χ4v) is 2.17. The summed E-state index contributed by atoms with van der Waals surface area (Å²) in [7, 11) is 1.80. The zero-order chi connectivity index (χ0) is 13.8. The van der Waals surface area contributed by atoms with Gasteiger partial charge in [0.2, 0.25) is 0 Å². The third-order valence-corrected chi connectivity index (χ3v) is 3.38. The predicted octanol–water partition coefficient (Wildman–Crippen LogP) is 3.69. The molecular weight excluding hydrogens is 263 g/mol. The Balaban J connectivity index is 2.25. The smallest absolute Gasteiger partial charge is 0.146 e. The summed E-state index contributed by atoms with van der Waals surface area (Å²) in [4.78, 5) is 4.35. The van der Waals surface area contributed by atoms with Crippen LogP contribution in [0, 0.1) is 12.7 Å². The van der Waals surface area contributed by atoms with Gasteiger partial charge in [0.05, 0.1) is 5.02 Å². The lowest BCUT2D eigenvalue weighted by Gasteiger charge is -2.17. The lowest BCUT2D eigenvalue weighted by molar-refractivity contribution is 0.530. The van der Waals surface area contributed by atoms with E-state index in [1.54, 1.807) is 25.2 Å². The van der Waals surface area contributed by atoms with E-state index in [1.807, 2.05) is 25.3 Å². The van der Waals surface area contributed by atoms with Crippen molar-refractivity contribution in [2.24, 2.45) is 0 Å². The molecule has 0 aliphatic carbocycles. The maximum Gasteiger partial charge on any atom is 0.146 e. The van der Waals surface area contributed by atoms with Crippen LogP contribution >= 0.6 is 11.6 Å². The molecule has 1 heterocycles. The molecule has 0 radical (unpaired) electrons. The molecule has 0 aliphatic rings. The van der Waals surface area contributed by atoms with E-state index in [0.29, 0.717) is 12.0 Å². The Morgan fingerprint density at radius 3 is 2.74 bits per heavy atom. The molecule has 1 N–H and O–H groups in total. The summed E-state index contributed by atoms with van der Waals surface area (Å²) in [6.45, 7) is 1.99. The van der Waals surface area contributed by atoms with Crippen molar-refractivity contribution in [1.82, 2.24) is 10.3 Å². The summed E-state index contributed by atoms with van der Waals surface area (Å²) in [5, 5.41) is 3.26. The van der Waals surface area contributed by atoms with Gasteiger partial charge in [0.15, 0.2) is 0 Å². The number of benzene rings is 1. The number of rotatable bonds is 4. The molecule has 0 saturated carbocycles. The van der Waals surface area contributed by atoms with Crippen LogP contribution in [0.4, 0.5) is 4.39 Å². The van der Waals surface area contributed by atoms with Crippen LogP contribution < -0.4 is 5.32 Å². The summed E-state index contributed by atoms with van der Waals surface area (Å²) in [5.41, 5.74) is 2.60. The lowest BCUT2D eigenvalue weighted by Crippen LogP contribution is -2.20. The maximum absolute atomic E-state index is 14.0. The van der Waals surface area contributed by atoms with Crippen LogP contribution in [0.15, 0.2) is 36.5 Å². The van der Waals surface area contributed by atoms with Gasteiger partial charge in [-0.1, -0.05) is 29.8 Å². The third kappa shape index (κ3) is 3.31. The largest absolute Gasteiger partial charge is 0.313 e. The number of aryl methyl sites for hydroxylation is 1. The van der Waals surface area contributed by atoms with Crippen molar-refractivity contribution in [2.75, 3.05) is 7.05 Å². The van der Waals surface area contributed by atoms with Crippen LogP contribution in [0.2, 0.25) is 5.02 Å². The van der Waals surface area contributed by atoms with Crippen molar-refractivity contribution >= 4 is 11.6 Å². The second kappa shape index (κ2) is 6.13. The molecule has 0 amide bonds. The first kappa shape index (κ1) is 14.0. The number of nitrogens with one attached hydrogen (secondary N) is 1.